The van der Waals surface area contributed by atoms with E-state index >= 15 is 0 Å². The monoisotopic (exact) mass is 501 g/mol. The first-order valence-corrected chi connectivity index (χ1v) is 11.9. The second kappa shape index (κ2) is 18.4. The molecule has 0 aliphatic heterocycles. The van der Waals surface area contributed by atoms with E-state index in [2.05, 4.69) is 20.9 Å². The predicted molar refractivity (Wildman–Crippen MR) is 133 cm³/mol. The van der Waals surface area contributed by atoms with E-state index < -0.39 is 47.9 Å². The number of aliphatic carboxylic acids is 1. The van der Waals surface area contributed by atoms with Crippen LogP contribution in [0.4, 0.5) is 0 Å². The minimum absolute atomic E-state index is 0.111. The summed E-state index contributed by atoms with van der Waals surface area (Å²) in [7, 11) is 0. The van der Waals surface area contributed by atoms with E-state index in [9.17, 15) is 19.2 Å². The van der Waals surface area contributed by atoms with Gasteiger partial charge in [0.05, 0.1) is 6.04 Å². The van der Waals surface area contributed by atoms with E-state index in [-0.39, 0.29) is 25.3 Å². The Bertz CT molecular complexity index is 701. The summed E-state index contributed by atoms with van der Waals surface area (Å²) in [6.45, 7) is 2.43. The van der Waals surface area contributed by atoms with Crippen LogP contribution in [0.1, 0.15) is 58.3 Å². The first-order valence-electron chi connectivity index (χ1n) is 11.9. The lowest BCUT2D eigenvalue weighted by atomic mass is 10.0. The highest BCUT2D eigenvalue weighted by Gasteiger charge is 2.29. The van der Waals surface area contributed by atoms with Crippen LogP contribution in [-0.4, -0.2) is 78.6 Å². The summed E-state index contributed by atoms with van der Waals surface area (Å²) in [6, 6.07) is -3.97. The molecule has 0 aliphatic rings. The quantitative estimate of drug-likeness (QED) is 0.0497. The third-order valence-corrected chi connectivity index (χ3v) is 5.19. The molecule has 14 nitrogen and oxygen atoms in total. The third-order valence-electron chi connectivity index (χ3n) is 5.19. The zero-order chi connectivity index (χ0) is 26.8. The van der Waals surface area contributed by atoms with Crippen molar-refractivity contribution in [1.29, 1.82) is 0 Å². The van der Waals surface area contributed by atoms with E-state index in [0.717, 1.165) is 6.42 Å². The lowest BCUT2D eigenvalue weighted by Crippen LogP contribution is -2.56. The van der Waals surface area contributed by atoms with Gasteiger partial charge in [-0.25, -0.2) is 0 Å². The Morgan fingerprint density at radius 2 is 1.26 bits per heavy atom. The minimum Gasteiger partial charge on any atom is -0.480 e. The Balaban J connectivity index is 5.39. The van der Waals surface area contributed by atoms with Crippen molar-refractivity contribution in [3.05, 3.63) is 0 Å². The van der Waals surface area contributed by atoms with Gasteiger partial charge in [0.1, 0.15) is 18.1 Å². The number of nitrogens with two attached hydrogens (primary N) is 5. The fraction of sp³-hybridized carbons (Fsp3) is 0.762. The molecule has 0 heterocycles. The van der Waals surface area contributed by atoms with Gasteiger partial charge in [0, 0.05) is 6.54 Å². The largest absolute Gasteiger partial charge is 0.480 e. The molecule has 0 radical (unpaired) electrons. The standard InChI is InChI=1S/C21H43N9O5/c1-13(20(34)35)28-18(32)16(9-6-12-27-21(25)26)30-19(33)15(8-3-5-11-23)29-17(31)14(24)7-2-4-10-22/h13-16H,2-12,22-24H2,1H3,(H,28,32)(H,29,31)(H,30,33)(H,34,35)(H4,25,26,27). The van der Waals surface area contributed by atoms with E-state index in [1.165, 1.54) is 6.92 Å². The zero-order valence-corrected chi connectivity index (χ0v) is 20.5. The molecule has 0 fully saturated rings. The van der Waals surface area contributed by atoms with Crippen LogP contribution in [0.3, 0.4) is 0 Å². The lowest BCUT2D eigenvalue weighted by molar-refractivity contribution is -0.141. The highest BCUT2D eigenvalue weighted by molar-refractivity contribution is 5.94. The molecule has 0 rings (SSSR count). The molecule has 0 aromatic heterocycles. The summed E-state index contributed by atoms with van der Waals surface area (Å²) in [6.07, 6.45) is 3.80. The van der Waals surface area contributed by atoms with E-state index in [1.54, 1.807) is 0 Å². The molecule has 0 spiro atoms. The van der Waals surface area contributed by atoms with Crippen molar-refractivity contribution in [3.8, 4) is 0 Å². The maximum absolute atomic E-state index is 13.1. The number of hydrogen-bond acceptors (Lipinski definition) is 8. The second-order valence-corrected chi connectivity index (χ2v) is 8.32. The van der Waals surface area contributed by atoms with Gasteiger partial charge in [-0.2, -0.15) is 0 Å². The highest BCUT2D eigenvalue weighted by Crippen LogP contribution is 2.06. The average Bonchev–Trinajstić information content (AvgIpc) is 2.79. The van der Waals surface area contributed by atoms with Crippen LogP contribution in [0.5, 0.6) is 0 Å². The smallest absolute Gasteiger partial charge is 0.325 e. The molecule has 14 N–H and O–H groups in total. The van der Waals surface area contributed by atoms with Gasteiger partial charge in [-0.05, 0) is 65.0 Å². The van der Waals surface area contributed by atoms with E-state index in [0.29, 0.717) is 45.2 Å². The van der Waals surface area contributed by atoms with Crippen molar-refractivity contribution < 1.29 is 24.3 Å². The number of amides is 3. The molecular weight excluding hydrogens is 458 g/mol. The maximum atomic E-state index is 13.1. The lowest BCUT2D eigenvalue weighted by Gasteiger charge is -2.25. The number of nitrogens with one attached hydrogen (secondary N) is 3. The van der Waals surface area contributed by atoms with Gasteiger partial charge in [0.25, 0.3) is 0 Å². The Kier molecular flexibility index (Phi) is 16.8. The average molecular weight is 502 g/mol. The molecule has 14 heteroatoms. The van der Waals surface area contributed by atoms with Gasteiger partial charge in [-0.3, -0.25) is 24.2 Å². The van der Waals surface area contributed by atoms with Crippen LogP contribution in [-0.2, 0) is 19.2 Å². The van der Waals surface area contributed by atoms with Gasteiger partial charge in [-0.15, -0.1) is 0 Å². The molecule has 4 unspecified atom stereocenters. The number of carboxylic acid groups (broad SMARTS) is 1. The summed E-state index contributed by atoms with van der Waals surface area (Å²) >= 11 is 0. The van der Waals surface area contributed by atoms with Crippen molar-refractivity contribution >= 4 is 29.7 Å². The molecule has 4 atom stereocenters. The molecular formula is C21H43N9O5. The molecule has 3 amide bonds. The first-order chi connectivity index (χ1) is 16.5. The SMILES string of the molecule is CC(NC(=O)C(CCCN=C(N)N)NC(=O)C(CCCCN)NC(=O)C(N)CCCCN)C(=O)O. The number of nitrogens with zero attached hydrogens (tertiary/aromatic N) is 1. The van der Waals surface area contributed by atoms with Gasteiger partial charge in [-0.1, -0.05) is 6.42 Å². The summed E-state index contributed by atoms with van der Waals surface area (Å²) in [5, 5.41) is 16.7. The molecule has 0 saturated heterocycles. The predicted octanol–water partition coefficient (Wildman–Crippen LogP) is -2.82. The zero-order valence-electron chi connectivity index (χ0n) is 20.5. The summed E-state index contributed by atoms with van der Waals surface area (Å²) in [4.78, 5) is 53.2. The number of carbonyl (C=O) groups excluding carboxylic acids is 3. The van der Waals surface area contributed by atoms with Crippen LogP contribution in [0.2, 0.25) is 0 Å². The number of unbranched alkanes of at least 4 members (excludes halogenated alkanes) is 2. The number of carboxylic acids is 1. The topological polar surface area (TPSA) is 267 Å². The van der Waals surface area contributed by atoms with Crippen molar-refractivity contribution in [2.75, 3.05) is 19.6 Å². The fourth-order valence-corrected chi connectivity index (χ4v) is 3.10. The molecule has 0 bridgehead atoms. The van der Waals surface area contributed by atoms with Gasteiger partial charge in [0.2, 0.25) is 17.7 Å². The molecule has 0 saturated carbocycles. The number of rotatable bonds is 19. The van der Waals surface area contributed by atoms with Crippen LogP contribution >= 0.6 is 0 Å². The number of hydrogen-bond donors (Lipinski definition) is 9. The normalized spacial score (nSPS) is 14.2. The highest BCUT2D eigenvalue weighted by atomic mass is 16.4. The fourth-order valence-electron chi connectivity index (χ4n) is 3.10. The first kappa shape index (κ1) is 32.0. The summed E-state index contributed by atoms with van der Waals surface area (Å²) in [5.41, 5.74) is 27.6. The minimum atomic E-state index is -1.22. The Hall–Kier alpha value is -2.97. The summed E-state index contributed by atoms with van der Waals surface area (Å²) in [5.74, 6) is -3.08. The van der Waals surface area contributed by atoms with Crippen LogP contribution in [0.25, 0.3) is 0 Å². The number of guanidine groups is 1. The van der Waals surface area contributed by atoms with Crippen molar-refractivity contribution in [1.82, 2.24) is 16.0 Å². The maximum Gasteiger partial charge on any atom is 0.325 e. The van der Waals surface area contributed by atoms with Crippen LogP contribution in [0.15, 0.2) is 4.99 Å². The Morgan fingerprint density at radius 3 is 1.77 bits per heavy atom. The Labute approximate surface area is 206 Å². The van der Waals surface area contributed by atoms with Crippen LogP contribution in [0, 0.1) is 0 Å². The van der Waals surface area contributed by atoms with E-state index in [1.807, 2.05) is 0 Å². The molecule has 202 valence electrons. The summed E-state index contributed by atoms with van der Waals surface area (Å²) < 4.78 is 0. The van der Waals surface area contributed by atoms with Crippen molar-refractivity contribution in [3.63, 3.8) is 0 Å². The Morgan fingerprint density at radius 1 is 0.771 bits per heavy atom. The van der Waals surface area contributed by atoms with Crippen LogP contribution < -0.4 is 44.6 Å². The second-order valence-electron chi connectivity index (χ2n) is 8.32. The molecule has 0 aliphatic carbocycles. The van der Waals surface area contributed by atoms with Crippen molar-refractivity contribution in [2.45, 2.75) is 82.5 Å². The third kappa shape index (κ3) is 14.8. The van der Waals surface area contributed by atoms with Crippen molar-refractivity contribution in [2.24, 2.45) is 33.7 Å². The van der Waals surface area contributed by atoms with E-state index in [4.69, 9.17) is 33.8 Å². The molecule has 0 aromatic carbocycles. The molecule has 35 heavy (non-hydrogen) atoms. The van der Waals surface area contributed by atoms with Gasteiger partial charge < -0.3 is 49.7 Å². The number of carbonyl (C=O) groups is 4. The van der Waals surface area contributed by atoms with Gasteiger partial charge >= 0.3 is 5.97 Å². The van der Waals surface area contributed by atoms with Gasteiger partial charge in [0.15, 0.2) is 5.96 Å². The molecule has 0 aromatic rings. The number of aliphatic imine (C=N–C) groups is 1.